The number of amides is 2. The van der Waals surface area contributed by atoms with E-state index in [0.717, 1.165) is 21.6 Å². The van der Waals surface area contributed by atoms with Crippen molar-refractivity contribution in [3.05, 3.63) is 0 Å². The standard InChI is InChI=1S/C18H24N2O7S2/c1-8-14(2,3)10(22)16(27-8)5-9-15(26,11(16)23)6-17-12(24)19(4)18(7-21,29-28-17)13(25)20(9)17/h8-9,11,21,23,26H,5-7H2,1-4H3/t8-,9-,11+,15+,16+,17-,18?/m1/s1. The molecule has 2 bridgehead atoms. The Bertz CT molecular complexity index is 869. The fraction of sp³-hybridized carbons (Fsp3) is 0.833. The Labute approximate surface area is 175 Å². The lowest BCUT2D eigenvalue weighted by Gasteiger charge is -2.58. The smallest absolute Gasteiger partial charge is 0.264 e. The molecule has 6 fully saturated rings. The second kappa shape index (κ2) is 5.31. The van der Waals surface area contributed by atoms with Crippen molar-refractivity contribution in [2.45, 2.75) is 72.8 Å². The number of rotatable bonds is 1. The van der Waals surface area contributed by atoms with Crippen LogP contribution in [0.2, 0.25) is 0 Å². The summed E-state index contributed by atoms with van der Waals surface area (Å²) < 4.78 is 5.99. The molecule has 0 aromatic heterocycles. The number of carbonyl (C=O) groups is 3. The van der Waals surface area contributed by atoms with Crippen LogP contribution in [0, 0.1) is 5.41 Å². The number of aliphatic hydroxyl groups excluding tert-OH is 2. The van der Waals surface area contributed by atoms with Crippen LogP contribution in [0.4, 0.5) is 0 Å². The fourth-order valence-corrected chi connectivity index (χ4v) is 9.41. The number of aliphatic hydroxyl groups is 3. The van der Waals surface area contributed by atoms with E-state index in [1.54, 1.807) is 20.8 Å². The van der Waals surface area contributed by atoms with E-state index in [9.17, 15) is 29.7 Å². The largest absolute Gasteiger partial charge is 0.392 e. The van der Waals surface area contributed by atoms with Crippen molar-refractivity contribution in [1.29, 1.82) is 0 Å². The van der Waals surface area contributed by atoms with Crippen LogP contribution in [-0.4, -0.2) is 95.6 Å². The molecule has 0 aromatic rings. The molecule has 1 unspecified atom stereocenters. The molecule has 6 aliphatic rings. The van der Waals surface area contributed by atoms with Gasteiger partial charge < -0.3 is 29.9 Å². The summed E-state index contributed by atoms with van der Waals surface area (Å²) in [6, 6.07) is -0.966. The zero-order valence-corrected chi connectivity index (χ0v) is 18.2. The van der Waals surface area contributed by atoms with Gasteiger partial charge in [-0.1, -0.05) is 24.6 Å². The number of ether oxygens (including phenoxy) is 1. The molecule has 160 valence electrons. The quantitative estimate of drug-likeness (QED) is 0.440. The van der Waals surface area contributed by atoms with Gasteiger partial charge in [0.2, 0.25) is 4.87 Å². The molecular weight excluding hydrogens is 420 g/mol. The van der Waals surface area contributed by atoms with Crippen LogP contribution < -0.4 is 0 Å². The first kappa shape index (κ1) is 20.1. The lowest BCUT2D eigenvalue weighted by atomic mass is 9.76. The van der Waals surface area contributed by atoms with E-state index in [1.807, 2.05) is 0 Å². The Balaban J connectivity index is 1.63. The average molecular weight is 445 g/mol. The maximum absolute atomic E-state index is 13.5. The lowest BCUT2D eigenvalue weighted by molar-refractivity contribution is -0.169. The van der Waals surface area contributed by atoms with E-state index in [4.69, 9.17) is 4.74 Å². The summed E-state index contributed by atoms with van der Waals surface area (Å²) in [7, 11) is 3.70. The van der Waals surface area contributed by atoms with Gasteiger partial charge in [-0.05, 0) is 17.7 Å². The van der Waals surface area contributed by atoms with Crippen LogP contribution in [0.25, 0.3) is 0 Å². The topological polar surface area (TPSA) is 128 Å². The summed E-state index contributed by atoms with van der Waals surface area (Å²) in [4.78, 5) is 39.6. The fourth-order valence-electron chi connectivity index (χ4n) is 5.76. The molecule has 6 rings (SSSR count). The normalized spacial score (nSPS) is 52.7. The monoisotopic (exact) mass is 444 g/mol. The Morgan fingerprint density at radius 1 is 1.21 bits per heavy atom. The highest BCUT2D eigenvalue weighted by molar-refractivity contribution is 8.78. The van der Waals surface area contributed by atoms with Crippen molar-refractivity contribution in [3.63, 3.8) is 0 Å². The first-order valence-electron chi connectivity index (χ1n) is 9.58. The molecule has 5 saturated heterocycles. The Morgan fingerprint density at radius 2 is 1.86 bits per heavy atom. The van der Waals surface area contributed by atoms with E-state index in [0.29, 0.717) is 0 Å². The molecule has 5 heterocycles. The van der Waals surface area contributed by atoms with E-state index >= 15 is 0 Å². The third kappa shape index (κ3) is 1.82. The maximum Gasteiger partial charge on any atom is 0.264 e. The number of ketones is 1. The van der Waals surface area contributed by atoms with Crippen LogP contribution in [-0.2, 0) is 19.1 Å². The molecule has 1 aliphatic carbocycles. The van der Waals surface area contributed by atoms with Crippen molar-refractivity contribution >= 4 is 39.2 Å². The summed E-state index contributed by atoms with van der Waals surface area (Å²) in [5.74, 6) is -1.20. The van der Waals surface area contributed by atoms with Crippen LogP contribution in [0.1, 0.15) is 33.6 Å². The molecule has 9 nitrogen and oxygen atoms in total. The number of fused-ring (bicyclic) bond motifs is 3. The number of Topliss-reactive ketones (excluding diaryl/α,β-unsaturated/α-hetero) is 1. The van der Waals surface area contributed by atoms with Gasteiger partial charge in [0.15, 0.2) is 16.3 Å². The number of hydrogen-bond acceptors (Lipinski definition) is 9. The molecule has 0 aromatic carbocycles. The average Bonchev–Trinajstić information content (AvgIpc) is 3.12. The second-order valence-corrected chi connectivity index (χ2v) is 12.1. The van der Waals surface area contributed by atoms with Crippen molar-refractivity contribution in [3.8, 4) is 0 Å². The van der Waals surface area contributed by atoms with Crippen molar-refractivity contribution in [1.82, 2.24) is 9.80 Å². The second-order valence-electron chi connectivity index (χ2n) is 9.42. The van der Waals surface area contributed by atoms with Gasteiger partial charge in [-0.2, -0.15) is 0 Å². The summed E-state index contributed by atoms with van der Waals surface area (Å²) >= 11 is 0. The van der Waals surface area contributed by atoms with E-state index in [2.05, 4.69) is 0 Å². The van der Waals surface area contributed by atoms with Gasteiger partial charge in [0.25, 0.3) is 11.8 Å². The summed E-state index contributed by atoms with van der Waals surface area (Å²) in [5, 5.41) is 32.8. The minimum atomic E-state index is -1.87. The number of likely N-dealkylation sites (N-methyl/N-ethyl adjacent to an activating group) is 1. The highest BCUT2D eigenvalue weighted by Gasteiger charge is 2.83. The van der Waals surface area contributed by atoms with E-state index in [-0.39, 0.29) is 18.6 Å². The number of carbonyl (C=O) groups excluding carboxylic acids is 3. The maximum atomic E-state index is 13.5. The molecule has 0 radical (unpaired) electrons. The zero-order valence-electron chi connectivity index (χ0n) is 16.5. The molecule has 2 spiro atoms. The van der Waals surface area contributed by atoms with Crippen molar-refractivity contribution < 1.29 is 34.4 Å². The molecule has 11 heteroatoms. The number of hydrogen-bond donors (Lipinski definition) is 3. The van der Waals surface area contributed by atoms with Gasteiger partial charge in [-0.25, -0.2) is 0 Å². The SMILES string of the molecule is C[C@H]1O[C@@]2(C[C@H]3N4C(=O)C5(CO)SS[C@]4(C[C@@]3(O)[C@@H]2O)C(=O)N5C)C(=O)C1(C)C. The lowest BCUT2D eigenvalue weighted by Crippen LogP contribution is -2.77. The van der Waals surface area contributed by atoms with Crippen LogP contribution in [0.15, 0.2) is 0 Å². The van der Waals surface area contributed by atoms with Gasteiger partial charge in [-0.3, -0.25) is 14.4 Å². The molecule has 29 heavy (non-hydrogen) atoms. The highest BCUT2D eigenvalue weighted by atomic mass is 33.1. The van der Waals surface area contributed by atoms with E-state index in [1.165, 1.54) is 16.8 Å². The van der Waals surface area contributed by atoms with Gasteiger partial charge in [0.05, 0.1) is 24.2 Å². The predicted octanol–water partition coefficient (Wildman–Crippen LogP) is -0.912. The molecular formula is C18H24N2O7S2. The van der Waals surface area contributed by atoms with Crippen LogP contribution >= 0.6 is 21.6 Å². The van der Waals surface area contributed by atoms with Gasteiger partial charge >= 0.3 is 0 Å². The molecule has 5 aliphatic heterocycles. The van der Waals surface area contributed by atoms with Gasteiger partial charge in [-0.15, -0.1) is 0 Å². The Morgan fingerprint density at radius 3 is 2.41 bits per heavy atom. The number of nitrogens with zero attached hydrogens (tertiary/aromatic N) is 2. The van der Waals surface area contributed by atoms with Crippen LogP contribution in [0.3, 0.4) is 0 Å². The minimum absolute atomic E-state index is 0.0888. The van der Waals surface area contributed by atoms with Gasteiger partial charge in [0.1, 0.15) is 11.7 Å². The van der Waals surface area contributed by atoms with Gasteiger partial charge in [0, 0.05) is 19.9 Å². The first-order valence-corrected chi connectivity index (χ1v) is 11.7. The van der Waals surface area contributed by atoms with E-state index < -0.39 is 63.0 Å². The highest BCUT2D eigenvalue weighted by Crippen LogP contribution is 2.68. The Kier molecular flexibility index (Phi) is 3.67. The third-order valence-electron chi connectivity index (χ3n) is 7.85. The third-order valence-corrected chi connectivity index (χ3v) is 11.5. The van der Waals surface area contributed by atoms with Crippen molar-refractivity contribution in [2.24, 2.45) is 5.41 Å². The Hall–Kier alpha value is -0.850. The zero-order chi connectivity index (χ0) is 21.4. The molecule has 1 saturated carbocycles. The predicted molar refractivity (Wildman–Crippen MR) is 103 cm³/mol. The molecule has 7 atom stereocenters. The molecule has 3 N–H and O–H groups in total. The minimum Gasteiger partial charge on any atom is -0.392 e. The summed E-state index contributed by atoms with van der Waals surface area (Å²) in [6.07, 6.45) is -2.34. The summed E-state index contributed by atoms with van der Waals surface area (Å²) in [6.45, 7) is 4.65. The summed E-state index contributed by atoms with van der Waals surface area (Å²) in [5.41, 5.74) is -4.35. The number of piperazine rings is 1. The van der Waals surface area contributed by atoms with Crippen molar-refractivity contribution in [2.75, 3.05) is 13.7 Å². The van der Waals surface area contributed by atoms with Crippen LogP contribution in [0.5, 0.6) is 0 Å². The first-order chi connectivity index (χ1) is 13.3. The molecule has 2 amide bonds.